The third kappa shape index (κ3) is 5.95. The van der Waals surface area contributed by atoms with Crippen LogP contribution in [-0.4, -0.2) is 5.71 Å². The van der Waals surface area contributed by atoms with Crippen molar-refractivity contribution in [1.82, 2.24) is 0 Å². The third-order valence-electron chi connectivity index (χ3n) is 13.2. The smallest absolute Gasteiger partial charge is 0.0688 e. The molecule has 0 saturated carbocycles. The largest absolute Gasteiger partial charge is 0.285 e. The van der Waals surface area contributed by atoms with Gasteiger partial charge < -0.3 is 0 Å². The minimum atomic E-state index is -0.269. The van der Waals surface area contributed by atoms with Gasteiger partial charge >= 0.3 is 0 Å². The average molecular weight is 756 g/mol. The molecule has 0 bridgehead atoms. The SMILES string of the molecule is CC(=NCc1cccc(C2=CC(c3ccccc3)=CC(c3cccc(-c4ccccc4)c3)C2)c1)c1ccc2c(c1)C1(C3=C(C=CCC3)c3ccccc31)c1ccccc1-2. The number of hydrogen-bond donors (Lipinski definition) is 0. The van der Waals surface area contributed by atoms with E-state index in [2.05, 4.69) is 207 Å². The van der Waals surface area contributed by atoms with Crippen LogP contribution in [0.25, 0.3) is 39.0 Å². The summed E-state index contributed by atoms with van der Waals surface area (Å²) in [6.45, 7) is 2.81. The molecule has 282 valence electrons. The van der Waals surface area contributed by atoms with Gasteiger partial charge in [0.1, 0.15) is 0 Å². The molecule has 59 heavy (non-hydrogen) atoms. The van der Waals surface area contributed by atoms with Gasteiger partial charge in [-0.25, -0.2) is 0 Å². The van der Waals surface area contributed by atoms with E-state index in [0.29, 0.717) is 6.54 Å². The fraction of sp³-hybridized carbons (Fsp3) is 0.121. The molecule has 4 aliphatic rings. The van der Waals surface area contributed by atoms with Crippen molar-refractivity contribution in [3.8, 4) is 22.3 Å². The van der Waals surface area contributed by atoms with Crippen LogP contribution in [-0.2, 0) is 12.0 Å². The van der Waals surface area contributed by atoms with E-state index in [0.717, 1.165) is 25.0 Å². The summed E-state index contributed by atoms with van der Waals surface area (Å²) < 4.78 is 0. The monoisotopic (exact) mass is 755 g/mol. The highest BCUT2D eigenvalue weighted by Gasteiger charge is 2.52. The molecule has 0 aromatic heterocycles. The summed E-state index contributed by atoms with van der Waals surface area (Å²) in [5.41, 5.74) is 23.5. The van der Waals surface area contributed by atoms with Crippen molar-refractivity contribution >= 4 is 22.4 Å². The van der Waals surface area contributed by atoms with E-state index in [1.54, 1.807) is 5.57 Å². The van der Waals surface area contributed by atoms with Crippen molar-refractivity contribution in [3.05, 3.63) is 256 Å². The summed E-state index contributed by atoms with van der Waals surface area (Å²) in [6.07, 6.45) is 12.7. The fourth-order valence-electron chi connectivity index (χ4n) is 10.4. The zero-order valence-electron chi connectivity index (χ0n) is 33.4. The van der Waals surface area contributed by atoms with Gasteiger partial charge in [-0.1, -0.05) is 188 Å². The second-order valence-electron chi connectivity index (χ2n) is 16.5. The Morgan fingerprint density at radius 2 is 1.27 bits per heavy atom. The normalized spacial score (nSPS) is 18.9. The van der Waals surface area contributed by atoms with Gasteiger partial charge in [-0.3, -0.25) is 4.99 Å². The highest BCUT2D eigenvalue weighted by molar-refractivity contribution is 6.02. The Kier molecular flexibility index (Phi) is 8.70. The van der Waals surface area contributed by atoms with Crippen LogP contribution in [0.5, 0.6) is 0 Å². The van der Waals surface area contributed by atoms with Crippen LogP contribution in [0.4, 0.5) is 0 Å². The third-order valence-corrected chi connectivity index (χ3v) is 13.2. The summed E-state index contributed by atoms with van der Waals surface area (Å²) >= 11 is 0. The van der Waals surface area contributed by atoms with E-state index in [9.17, 15) is 0 Å². The Balaban J connectivity index is 0.921. The van der Waals surface area contributed by atoms with Crippen LogP contribution in [0.2, 0.25) is 0 Å². The molecule has 7 aromatic rings. The van der Waals surface area contributed by atoms with Gasteiger partial charge in [-0.15, -0.1) is 0 Å². The predicted molar refractivity (Wildman–Crippen MR) is 247 cm³/mol. The van der Waals surface area contributed by atoms with E-state index >= 15 is 0 Å². The molecule has 0 N–H and O–H groups in total. The lowest BCUT2D eigenvalue weighted by atomic mass is 9.68. The fourth-order valence-corrected chi connectivity index (χ4v) is 10.4. The molecule has 11 rings (SSSR count). The predicted octanol–water partition coefficient (Wildman–Crippen LogP) is 14.4. The molecule has 0 radical (unpaired) electrons. The summed E-state index contributed by atoms with van der Waals surface area (Å²) in [4.78, 5) is 5.29. The summed E-state index contributed by atoms with van der Waals surface area (Å²) in [5, 5.41) is 0. The summed E-state index contributed by atoms with van der Waals surface area (Å²) in [6, 6.07) is 65.1. The molecule has 0 saturated heterocycles. The summed E-state index contributed by atoms with van der Waals surface area (Å²) in [5.74, 6) is 0.260. The minimum absolute atomic E-state index is 0.260. The van der Waals surface area contributed by atoms with Gasteiger partial charge in [0.15, 0.2) is 0 Å². The Morgan fingerprint density at radius 3 is 2.10 bits per heavy atom. The molecule has 7 aromatic carbocycles. The van der Waals surface area contributed by atoms with Gasteiger partial charge in [-0.2, -0.15) is 0 Å². The quantitative estimate of drug-likeness (QED) is 0.144. The number of allylic oxidation sites excluding steroid dienone is 8. The van der Waals surface area contributed by atoms with Crippen molar-refractivity contribution in [2.75, 3.05) is 0 Å². The van der Waals surface area contributed by atoms with Crippen molar-refractivity contribution in [1.29, 1.82) is 0 Å². The van der Waals surface area contributed by atoms with Crippen molar-refractivity contribution in [2.24, 2.45) is 4.99 Å². The highest BCUT2D eigenvalue weighted by Crippen LogP contribution is 2.63. The number of hydrogen-bond acceptors (Lipinski definition) is 1. The van der Waals surface area contributed by atoms with Gasteiger partial charge in [0.25, 0.3) is 0 Å². The van der Waals surface area contributed by atoms with Gasteiger partial charge in [-0.05, 0) is 133 Å². The zero-order chi connectivity index (χ0) is 39.3. The molecule has 0 aliphatic heterocycles. The van der Waals surface area contributed by atoms with Crippen LogP contribution in [0.15, 0.2) is 211 Å². The second kappa shape index (κ2) is 14.5. The van der Waals surface area contributed by atoms with Gasteiger partial charge in [0.05, 0.1) is 12.0 Å². The van der Waals surface area contributed by atoms with Gasteiger partial charge in [0.2, 0.25) is 0 Å². The topological polar surface area (TPSA) is 12.4 Å². The first-order valence-electron chi connectivity index (χ1n) is 21.1. The maximum atomic E-state index is 5.29. The molecule has 1 spiro atoms. The zero-order valence-corrected chi connectivity index (χ0v) is 33.4. The molecule has 0 heterocycles. The first kappa shape index (κ1) is 35.3. The van der Waals surface area contributed by atoms with Crippen LogP contribution in [0, 0.1) is 0 Å². The van der Waals surface area contributed by atoms with Crippen LogP contribution in [0.1, 0.15) is 82.2 Å². The number of aliphatic imine (C=N–C) groups is 1. The maximum Gasteiger partial charge on any atom is 0.0688 e. The van der Waals surface area contributed by atoms with E-state index in [4.69, 9.17) is 4.99 Å². The lowest BCUT2D eigenvalue weighted by Crippen LogP contribution is -2.28. The van der Waals surface area contributed by atoms with Crippen molar-refractivity contribution in [3.63, 3.8) is 0 Å². The minimum Gasteiger partial charge on any atom is -0.285 e. The maximum absolute atomic E-state index is 5.29. The summed E-state index contributed by atoms with van der Waals surface area (Å²) in [7, 11) is 0. The Hall–Kier alpha value is -6.83. The molecule has 0 fully saturated rings. The van der Waals surface area contributed by atoms with E-state index in [-0.39, 0.29) is 11.3 Å². The number of benzene rings is 7. The first-order valence-corrected chi connectivity index (χ1v) is 21.1. The lowest BCUT2D eigenvalue weighted by Gasteiger charge is -2.33. The van der Waals surface area contributed by atoms with Crippen LogP contribution < -0.4 is 0 Å². The standard InChI is InChI=1S/C58H45N/c1-39(43-30-31-53-52-26-10-13-29-56(52)58(57(53)37-43)54-27-11-8-24-50(54)51-25-9-12-28-55(51)58)59-38-40-16-14-21-44(32-40)48-34-47(42-19-6-3-7-20-42)35-49(36-48)46-23-15-22-45(33-46)41-17-4-2-5-18-41/h2-11,13-27,29-35,37,49H,12,28,36,38H2,1H3. The van der Waals surface area contributed by atoms with Crippen molar-refractivity contribution < 1.29 is 0 Å². The van der Waals surface area contributed by atoms with Crippen molar-refractivity contribution in [2.45, 2.75) is 44.1 Å². The molecule has 2 atom stereocenters. The number of fused-ring (bicyclic) bond motifs is 9. The molecule has 2 unspecified atom stereocenters. The Labute approximate surface area is 348 Å². The lowest BCUT2D eigenvalue weighted by molar-refractivity contribution is 0.714. The molecule has 0 amide bonds. The molecule has 4 aliphatic carbocycles. The number of nitrogens with zero attached hydrogens (tertiary/aromatic N) is 1. The highest BCUT2D eigenvalue weighted by atomic mass is 14.7. The second-order valence-corrected chi connectivity index (χ2v) is 16.5. The van der Waals surface area contributed by atoms with E-state index in [1.165, 1.54) is 89.0 Å². The molecule has 1 heteroatoms. The van der Waals surface area contributed by atoms with Crippen LogP contribution >= 0.6 is 0 Å². The first-order chi connectivity index (χ1) is 29.1. The number of rotatable bonds is 7. The van der Waals surface area contributed by atoms with E-state index < -0.39 is 0 Å². The molecular weight excluding hydrogens is 711 g/mol. The Bertz CT molecular complexity index is 2940. The molecular formula is C58H45N. The van der Waals surface area contributed by atoms with Crippen LogP contribution in [0.3, 0.4) is 0 Å². The Morgan fingerprint density at radius 1 is 0.593 bits per heavy atom. The van der Waals surface area contributed by atoms with Gasteiger partial charge in [0, 0.05) is 11.6 Å². The average Bonchev–Trinajstić information content (AvgIpc) is 3.78. The van der Waals surface area contributed by atoms with E-state index in [1.807, 2.05) is 0 Å². The molecule has 1 nitrogen and oxygen atoms in total.